The quantitative estimate of drug-likeness (QED) is 0.855. The maximum absolute atomic E-state index is 4.65. The number of benzene rings is 1. The van der Waals surface area contributed by atoms with Gasteiger partial charge in [-0.25, -0.2) is 4.98 Å². The highest BCUT2D eigenvalue weighted by Crippen LogP contribution is 2.21. The molecular formula is C13H19N3. The van der Waals surface area contributed by atoms with Crippen LogP contribution in [0.15, 0.2) is 18.2 Å². The van der Waals surface area contributed by atoms with Gasteiger partial charge in [-0.15, -0.1) is 0 Å². The topological polar surface area (TPSA) is 29.9 Å². The van der Waals surface area contributed by atoms with Gasteiger partial charge in [0.25, 0.3) is 0 Å². The molecule has 0 radical (unpaired) electrons. The van der Waals surface area contributed by atoms with Crippen LogP contribution in [0.3, 0.4) is 0 Å². The lowest BCUT2D eigenvalue weighted by Crippen LogP contribution is -2.10. The van der Waals surface area contributed by atoms with Crippen molar-refractivity contribution in [3.63, 3.8) is 0 Å². The number of hydrogen-bond acceptors (Lipinski definition) is 2. The first-order chi connectivity index (χ1) is 7.63. The molecule has 2 rings (SSSR count). The Morgan fingerprint density at radius 3 is 2.75 bits per heavy atom. The van der Waals surface area contributed by atoms with Crippen LogP contribution in [0.2, 0.25) is 0 Å². The fourth-order valence-electron chi connectivity index (χ4n) is 1.94. The van der Waals surface area contributed by atoms with E-state index in [0.29, 0.717) is 5.92 Å². The third-order valence-electron chi connectivity index (χ3n) is 3.00. The number of fused-ring (bicyclic) bond motifs is 1. The molecule has 86 valence electrons. The van der Waals surface area contributed by atoms with E-state index in [0.717, 1.165) is 17.9 Å². The van der Waals surface area contributed by atoms with Crippen LogP contribution in [0.1, 0.15) is 31.2 Å². The summed E-state index contributed by atoms with van der Waals surface area (Å²) in [5.41, 5.74) is 3.65. The number of nitrogens with zero attached hydrogens (tertiary/aromatic N) is 2. The van der Waals surface area contributed by atoms with Crippen LogP contribution in [-0.2, 0) is 13.6 Å². The molecule has 0 unspecified atom stereocenters. The summed E-state index contributed by atoms with van der Waals surface area (Å²) in [6.45, 7) is 5.22. The maximum atomic E-state index is 4.65. The van der Waals surface area contributed by atoms with E-state index in [-0.39, 0.29) is 0 Å². The Hall–Kier alpha value is -1.35. The highest BCUT2D eigenvalue weighted by Gasteiger charge is 2.08. The first kappa shape index (κ1) is 11.1. The molecule has 3 heteroatoms. The van der Waals surface area contributed by atoms with E-state index in [9.17, 15) is 0 Å². The van der Waals surface area contributed by atoms with Gasteiger partial charge in [0.05, 0.1) is 17.6 Å². The number of nitrogens with one attached hydrogen (secondary N) is 1. The second-order valence-corrected chi connectivity index (χ2v) is 4.52. The summed E-state index contributed by atoms with van der Waals surface area (Å²) in [4.78, 5) is 4.65. The van der Waals surface area contributed by atoms with Crippen molar-refractivity contribution in [2.24, 2.45) is 7.05 Å². The summed E-state index contributed by atoms with van der Waals surface area (Å²) in [6, 6.07) is 6.55. The molecule has 1 heterocycles. The zero-order chi connectivity index (χ0) is 11.7. The van der Waals surface area contributed by atoms with Crippen LogP contribution in [0.25, 0.3) is 11.0 Å². The van der Waals surface area contributed by atoms with Gasteiger partial charge in [0.15, 0.2) is 0 Å². The van der Waals surface area contributed by atoms with Crippen molar-refractivity contribution in [3.8, 4) is 0 Å². The minimum absolute atomic E-state index is 0.555. The smallest absolute Gasteiger partial charge is 0.123 e. The van der Waals surface area contributed by atoms with Gasteiger partial charge < -0.3 is 9.88 Å². The molecule has 0 saturated carbocycles. The summed E-state index contributed by atoms with van der Waals surface area (Å²) < 4.78 is 2.15. The number of aromatic nitrogens is 2. The number of rotatable bonds is 3. The van der Waals surface area contributed by atoms with Crippen molar-refractivity contribution >= 4 is 11.0 Å². The minimum Gasteiger partial charge on any atom is -0.330 e. The summed E-state index contributed by atoms with van der Waals surface area (Å²) in [7, 11) is 4.01. The Morgan fingerprint density at radius 2 is 2.12 bits per heavy atom. The second-order valence-electron chi connectivity index (χ2n) is 4.52. The van der Waals surface area contributed by atoms with E-state index in [4.69, 9.17) is 0 Å². The Labute approximate surface area is 96.5 Å². The molecule has 0 spiro atoms. The van der Waals surface area contributed by atoms with Gasteiger partial charge in [0.1, 0.15) is 5.82 Å². The van der Waals surface area contributed by atoms with Crippen molar-refractivity contribution in [2.45, 2.75) is 26.3 Å². The molecule has 0 bridgehead atoms. The highest BCUT2D eigenvalue weighted by atomic mass is 15.1. The fraction of sp³-hybridized carbons (Fsp3) is 0.462. The summed E-state index contributed by atoms with van der Waals surface area (Å²) >= 11 is 0. The largest absolute Gasteiger partial charge is 0.330 e. The molecule has 0 aliphatic heterocycles. The third-order valence-corrected chi connectivity index (χ3v) is 3.00. The Balaban J connectivity index is 2.53. The molecule has 0 aliphatic rings. The zero-order valence-electron chi connectivity index (χ0n) is 10.4. The number of hydrogen-bond donors (Lipinski definition) is 1. The average molecular weight is 217 g/mol. The first-order valence-corrected chi connectivity index (χ1v) is 5.73. The van der Waals surface area contributed by atoms with Gasteiger partial charge in [-0.3, -0.25) is 0 Å². The third kappa shape index (κ3) is 1.83. The normalized spacial score (nSPS) is 11.6. The maximum Gasteiger partial charge on any atom is 0.123 e. The van der Waals surface area contributed by atoms with Crippen molar-refractivity contribution in [1.82, 2.24) is 14.9 Å². The standard InChI is InChI=1S/C13H19N3/c1-9(2)10-5-6-12-11(7-10)15-13(8-14-3)16(12)4/h5-7,9,14H,8H2,1-4H3. The minimum atomic E-state index is 0.555. The van der Waals surface area contributed by atoms with Crippen LogP contribution < -0.4 is 5.32 Å². The van der Waals surface area contributed by atoms with E-state index >= 15 is 0 Å². The van der Waals surface area contributed by atoms with Crippen molar-refractivity contribution in [3.05, 3.63) is 29.6 Å². The van der Waals surface area contributed by atoms with E-state index in [2.05, 4.69) is 54.0 Å². The molecule has 0 amide bonds. The summed E-state index contributed by atoms with van der Waals surface area (Å²) in [5.74, 6) is 1.64. The SMILES string of the molecule is CNCc1nc2cc(C(C)C)ccc2n1C. The van der Waals surface area contributed by atoms with Crippen LogP contribution >= 0.6 is 0 Å². The Bertz CT molecular complexity index is 497. The predicted molar refractivity (Wildman–Crippen MR) is 67.6 cm³/mol. The Morgan fingerprint density at radius 1 is 1.38 bits per heavy atom. The molecular weight excluding hydrogens is 198 g/mol. The van der Waals surface area contributed by atoms with Crippen molar-refractivity contribution in [2.75, 3.05) is 7.05 Å². The number of imidazole rings is 1. The summed E-state index contributed by atoms with van der Waals surface area (Å²) in [6.07, 6.45) is 0. The molecule has 0 atom stereocenters. The molecule has 2 aromatic rings. The van der Waals surface area contributed by atoms with Gasteiger partial charge in [0, 0.05) is 7.05 Å². The highest BCUT2D eigenvalue weighted by molar-refractivity contribution is 5.77. The predicted octanol–water partition coefficient (Wildman–Crippen LogP) is 2.42. The average Bonchev–Trinajstić information content (AvgIpc) is 2.56. The van der Waals surface area contributed by atoms with E-state index in [1.54, 1.807) is 0 Å². The van der Waals surface area contributed by atoms with Crippen LogP contribution in [0.4, 0.5) is 0 Å². The van der Waals surface area contributed by atoms with E-state index in [1.807, 2.05) is 7.05 Å². The molecule has 0 fully saturated rings. The van der Waals surface area contributed by atoms with Crippen LogP contribution in [-0.4, -0.2) is 16.6 Å². The van der Waals surface area contributed by atoms with Crippen LogP contribution in [0, 0.1) is 0 Å². The number of aryl methyl sites for hydroxylation is 1. The van der Waals surface area contributed by atoms with Gasteiger partial charge in [-0.2, -0.15) is 0 Å². The van der Waals surface area contributed by atoms with E-state index in [1.165, 1.54) is 11.1 Å². The molecule has 0 aliphatic carbocycles. The lowest BCUT2D eigenvalue weighted by molar-refractivity contribution is 0.719. The lowest BCUT2D eigenvalue weighted by Gasteiger charge is -2.04. The Kier molecular flexibility index (Phi) is 2.97. The van der Waals surface area contributed by atoms with E-state index < -0.39 is 0 Å². The van der Waals surface area contributed by atoms with Gasteiger partial charge >= 0.3 is 0 Å². The lowest BCUT2D eigenvalue weighted by atomic mass is 10.0. The van der Waals surface area contributed by atoms with Crippen LogP contribution in [0.5, 0.6) is 0 Å². The molecule has 16 heavy (non-hydrogen) atoms. The zero-order valence-corrected chi connectivity index (χ0v) is 10.4. The second kappa shape index (κ2) is 4.26. The first-order valence-electron chi connectivity index (χ1n) is 5.73. The fourth-order valence-corrected chi connectivity index (χ4v) is 1.94. The molecule has 0 saturated heterocycles. The molecule has 1 aromatic carbocycles. The molecule has 1 aromatic heterocycles. The van der Waals surface area contributed by atoms with Crippen molar-refractivity contribution < 1.29 is 0 Å². The molecule has 3 nitrogen and oxygen atoms in total. The van der Waals surface area contributed by atoms with Gasteiger partial charge in [-0.1, -0.05) is 19.9 Å². The van der Waals surface area contributed by atoms with Gasteiger partial charge in [0.2, 0.25) is 0 Å². The van der Waals surface area contributed by atoms with Gasteiger partial charge in [-0.05, 0) is 30.7 Å². The monoisotopic (exact) mass is 217 g/mol. The molecule has 1 N–H and O–H groups in total. The summed E-state index contributed by atoms with van der Waals surface area (Å²) in [5, 5.41) is 3.14. The van der Waals surface area contributed by atoms with Crippen molar-refractivity contribution in [1.29, 1.82) is 0 Å².